The van der Waals surface area contributed by atoms with Crippen LogP contribution in [-0.4, -0.2) is 58.4 Å². The quantitative estimate of drug-likeness (QED) is 0.101. The maximum atomic E-state index is 12.0. The number of amides is 1. The summed E-state index contributed by atoms with van der Waals surface area (Å²) in [7, 11) is 0. The Bertz CT molecular complexity index is 582. The molecule has 1 amide bonds. The molecular weight excluding hydrogens is 436 g/mol. The van der Waals surface area contributed by atoms with Gasteiger partial charge in [0.1, 0.15) is 5.54 Å². The Kier molecular flexibility index (Phi) is 20.4. The van der Waals surface area contributed by atoms with Crippen LogP contribution < -0.4 is 10.6 Å². The third kappa shape index (κ3) is 17.5. The number of carboxylic acids is 2. The molecule has 34 heavy (non-hydrogen) atoms. The fourth-order valence-electron chi connectivity index (χ4n) is 3.89. The molecule has 8 nitrogen and oxygen atoms in total. The molecule has 8 heteroatoms. The molecule has 0 aromatic rings. The van der Waals surface area contributed by atoms with Crippen LogP contribution in [0.4, 0.5) is 0 Å². The fourth-order valence-corrected chi connectivity index (χ4v) is 3.89. The van der Waals surface area contributed by atoms with Crippen LogP contribution in [0, 0.1) is 0 Å². The molecule has 0 aromatic carbocycles. The van der Waals surface area contributed by atoms with E-state index in [0.29, 0.717) is 6.42 Å². The number of carbonyl (C=O) groups excluding carboxylic acids is 1. The summed E-state index contributed by atoms with van der Waals surface area (Å²) in [5.74, 6) is -2.56. The Morgan fingerprint density at radius 1 is 0.794 bits per heavy atom. The Labute approximate surface area is 205 Å². The summed E-state index contributed by atoms with van der Waals surface area (Å²) in [5, 5.41) is 32.7. The van der Waals surface area contributed by atoms with Crippen molar-refractivity contribution in [2.75, 3.05) is 19.7 Å². The highest BCUT2D eigenvalue weighted by Gasteiger charge is 2.37. The molecule has 0 saturated heterocycles. The predicted octanol–water partition coefficient (Wildman–Crippen LogP) is 4.41. The first-order valence-electron chi connectivity index (χ1n) is 13.1. The summed E-state index contributed by atoms with van der Waals surface area (Å²) in [5.41, 5.74) is -1.58. The molecule has 0 radical (unpaired) electrons. The number of unbranched alkanes of at least 4 members (excludes halogenated alkanes) is 11. The van der Waals surface area contributed by atoms with Crippen LogP contribution >= 0.6 is 0 Å². The standard InChI is InChI=1S/C26H48N2O6/c1-2-3-4-5-6-7-8-9-10-11-12-13-14-15-16-17-23(30)27-20-18-26(19-21-29,25(33)34)28-22-24(31)32/h9-10,28-29H,2-8,11-22H2,1H3,(H,27,30)(H,31,32)(H,33,34)/b10-9-. The van der Waals surface area contributed by atoms with Gasteiger partial charge in [-0.05, 0) is 44.9 Å². The molecule has 198 valence electrons. The monoisotopic (exact) mass is 484 g/mol. The van der Waals surface area contributed by atoms with Crippen molar-refractivity contribution in [3.63, 3.8) is 0 Å². The number of aliphatic carboxylic acids is 2. The number of hydrogen-bond donors (Lipinski definition) is 5. The fraction of sp³-hybridized carbons (Fsp3) is 0.808. The molecule has 0 aromatic heterocycles. The van der Waals surface area contributed by atoms with E-state index in [0.717, 1.165) is 32.1 Å². The lowest BCUT2D eigenvalue weighted by Gasteiger charge is -2.29. The number of carbonyl (C=O) groups is 3. The van der Waals surface area contributed by atoms with Gasteiger partial charge in [0.25, 0.3) is 0 Å². The van der Waals surface area contributed by atoms with Crippen LogP contribution in [-0.2, 0) is 14.4 Å². The van der Waals surface area contributed by atoms with E-state index in [1.807, 2.05) is 0 Å². The molecular formula is C26H48N2O6. The lowest BCUT2D eigenvalue weighted by molar-refractivity contribution is -0.147. The van der Waals surface area contributed by atoms with Crippen LogP contribution in [0.25, 0.3) is 0 Å². The minimum absolute atomic E-state index is 0.00567. The average Bonchev–Trinajstić information content (AvgIpc) is 2.79. The second-order valence-electron chi connectivity index (χ2n) is 9.04. The second kappa shape index (κ2) is 21.6. The van der Waals surface area contributed by atoms with Gasteiger partial charge in [-0.2, -0.15) is 0 Å². The van der Waals surface area contributed by atoms with Crippen molar-refractivity contribution >= 4 is 17.8 Å². The summed E-state index contributed by atoms with van der Waals surface area (Å²) >= 11 is 0. The van der Waals surface area contributed by atoms with Crippen molar-refractivity contribution in [1.29, 1.82) is 0 Å². The van der Waals surface area contributed by atoms with Gasteiger partial charge < -0.3 is 20.6 Å². The molecule has 0 bridgehead atoms. The number of rotatable bonds is 24. The van der Waals surface area contributed by atoms with Gasteiger partial charge in [-0.15, -0.1) is 0 Å². The first-order valence-corrected chi connectivity index (χ1v) is 13.1. The molecule has 0 aliphatic heterocycles. The van der Waals surface area contributed by atoms with Gasteiger partial charge in [0.15, 0.2) is 0 Å². The maximum absolute atomic E-state index is 12.0. The highest BCUT2D eigenvalue weighted by Crippen LogP contribution is 2.16. The second-order valence-corrected chi connectivity index (χ2v) is 9.04. The number of allylic oxidation sites excluding steroid dienone is 2. The van der Waals surface area contributed by atoms with E-state index >= 15 is 0 Å². The van der Waals surface area contributed by atoms with Gasteiger partial charge in [0, 0.05) is 19.6 Å². The van der Waals surface area contributed by atoms with Crippen LogP contribution in [0.1, 0.15) is 110 Å². The van der Waals surface area contributed by atoms with E-state index in [1.54, 1.807) is 0 Å². The molecule has 0 rings (SSSR count). The summed E-state index contributed by atoms with van der Waals surface area (Å²) in [6, 6.07) is 0. The normalized spacial score (nSPS) is 13.1. The molecule has 0 saturated carbocycles. The third-order valence-electron chi connectivity index (χ3n) is 6.07. The van der Waals surface area contributed by atoms with Crippen molar-refractivity contribution in [2.24, 2.45) is 0 Å². The number of hydrogen-bond acceptors (Lipinski definition) is 5. The van der Waals surface area contributed by atoms with Crippen LogP contribution in [0.5, 0.6) is 0 Å². The minimum Gasteiger partial charge on any atom is -0.480 e. The van der Waals surface area contributed by atoms with Crippen molar-refractivity contribution < 1.29 is 29.7 Å². The predicted molar refractivity (Wildman–Crippen MR) is 135 cm³/mol. The Morgan fingerprint density at radius 3 is 1.88 bits per heavy atom. The van der Waals surface area contributed by atoms with Crippen molar-refractivity contribution in [1.82, 2.24) is 10.6 Å². The Balaban J connectivity index is 3.82. The van der Waals surface area contributed by atoms with Crippen molar-refractivity contribution in [2.45, 2.75) is 115 Å². The Hall–Kier alpha value is -1.93. The van der Waals surface area contributed by atoms with Crippen molar-refractivity contribution in [3.8, 4) is 0 Å². The summed E-state index contributed by atoms with van der Waals surface area (Å²) in [6.07, 6.45) is 20.3. The zero-order chi connectivity index (χ0) is 25.5. The van der Waals surface area contributed by atoms with Gasteiger partial charge in [0.2, 0.25) is 5.91 Å². The van der Waals surface area contributed by atoms with Crippen LogP contribution in [0.15, 0.2) is 12.2 Å². The van der Waals surface area contributed by atoms with Crippen LogP contribution in [0.3, 0.4) is 0 Å². The first kappa shape index (κ1) is 32.1. The lowest BCUT2D eigenvalue weighted by Crippen LogP contribution is -2.55. The molecule has 1 unspecified atom stereocenters. The van der Waals surface area contributed by atoms with Gasteiger partial charge >= 0.3 is 11.9 Å². The average molecular weight is 485 g/mol. The van der Waals surface area contributed by atoms with E-state index in [4.69, 9.17) is 5.11 Å². The highest BCUT2D eigenvalue weighted by atomic mass is 16.4. The molecule has 0 aliphatic rings. The van der Waals surface area contributed by atoms with Crippen molar-refractivity contribution in [3.05, 3.63) is 12.2 Å². The van der Waals surface area contributed by atoms with Gasteiger partial charge in [-0.25, -0.2) is 0 Å². The van der Waals surface area contributed by atoms with Gasteiger partial charge in [-0.1, -0.05) is 70.4 Å². The third-order valence-corrected chi connectivity index (χ3v) is 6.07. The largest absolute Gasteiger partial charge is 0.480 e. The smallest absolute Gasteiger partial charge is 0.324 e. The highest BCUT2D eigenvalue weighted by molar-refractivity contribution is 5.80. The zero-order valence-corrected chi connectivity index (χ0v) is 21.2. The Morgan fingerprint density at radius 2 is 1.35 bits per heavy atom. The van der Waals surface area contributed by atoms with Gasteiger partial charge in [-0.3, -0.25) is 19.7 Å². The molecule has 1 atom stereocenters. The molecule has 0 aliphatic carbocycles. The van der Waals surface area contributed by atoms with E-state index in [1.165, 1.54) is 51.4 Å². The number of aliphatic hydroxyl groups excluding tert-OH is 1. The summed E-state index contributed by atoms with van der Waals surface area (Å²) in [4.78, 5) is 34.5. The summed E-state index contributed by atoms with van der Waals surface area (Å²) in [6.45, 7) is 1.41. The SMILES string of the molecule is CCCCCCCC/C=C\CCCCCCCC(=O)NCCC(CCO)(NCC(=O)O)C(=O)O. The molecule has 0 fully saturated rings. The number of nitrogens with one attached hydrogen (secondary N) is 2. The van der Waals surface area contributed by atoms with E-state index in [2.05, 4.69) is 29.7 Å². The van der Waals surface area contributed by atoms with E-state index in [9.17, 15) is 24.6 Å². The number of aliphatic hydroxyl groups is 1. The van der Waals surface area contributed by atoms with Crippen LogP contribution in [0.2, 0.25) is 0 Å². The minimum atomic E-state index is -1.58. The molecule has 0 spiro atoms. The number of carboxylic acid groups (broad SMARTS) is 2. The molecule has 5 N–H and O–H groups in total. The molecule has 0 heterocycles. The summed E-state index contributed by atoms with van der Waals surface area (Å²) < 4.78 is 0. The van der Waals surface area contributed by atoms with Gasteiger partial charge in [0.05, 0.1) is 6.54 Å². The topological polar surface area (TPSA) is 136 Å². The van der Waals surface area contributed by atoms with E-state index in [-0.39, 0.29) is 25.3 Å². The first-order chi connectivity index (χ1) is 16.4. The zero-order valence-electron chi connectivity index (χ0n) is 21.2. The van der Waals surface area contributed by atoms with E-state index < -0.39 is 30.6 Å². The lowest BCUT2D eigenvalue weighted by atomic mass is 9.91. The maximum Gasteiger partial charge on any atom is 0.324 e.